The summed E-state index contributed by atoms with van der Waals surface area (Å²) in [5, 5.41) is 0. The molecule has 1 aliphatic heterocycles. The molecular weight excluding hydrogens is 286 g/mol. The van der Waals surface area contributed by atoms with E-state index in [0.29, 0.717) is 17.7 Å². The van der Waals surface area contributed by atoms with Crippen molar-refractivity contribution in [1.29, 1.82) is 0 Å². The molecule has 130 valence electrons. The van der Waals surface area contributed by atoms with Gasteiger partial charge in [0.05, 0.1) is 5.41 Å². The number of fused-ring (bicyclic) bond motifs is 2. The first kappa shape index (κ1) is 17.0. The maximum absolute atomic E-state index is 13.4. The lowest BCUT2D eigenvalue weighted by Gasteiger charge is -2.42. The second-order valence-corrected chi connectivity index (χ2v) is 8.62. The van der Waals surface area contributed by atoms with Crippen molar-refractivity contribution in [2.45, 2.75) is 58.8 Å². The Morgan fingerprint density at radius 3 is 2.83 bits per heavy atom. The van der Waals surface area contributed by atoms with Crippen molar-refractivity contribution >= 4 is 5.91 Å². The van der Waals surface area contributed by atoms with Crippen molar-refractivity contribution in [2.24, 2.45) is 22.7 Å². The molecule has 3 rings (SSSR count). The number of carbonyl (C=O) groups excluding carboxylic acids is 1. The summed E-state index contributed by atoms with van der Waals surface area (Å²) in [7, 11) is 1.76. The predicted octanol–water partition coefficient (Wildman–Crippen LogP) is 4.03. The van der Waals surface area contributed by atoms with Gasteiger partial charge in [-0.25, -0.2) is 0 Å². The van der Waals surface area contributed by atoms with Crippen LogP contribution in [0.5, 0.6) is 0 Å². The summed E-state index contributed by atoms with van der Waals surface area (Å²) in [6, 6.07) is 0. The number of nitrogens with zero attached hydrogens (tertiary/aromatic N) is 1. The lowest BCUT2D eigenvalue weighted by atomic mass is 9.68. The first-order chi connectivity index (χ1) is 10.9. The van der Waals surface area contributed by atoms with Crippen LogP contribution >= 0.6 is 0 Å². The fraction of sp³-hybridized carbons (Fsp3) is 0.850. The van der Waals surface area contributed by atoms with Crippen molar-refractivity contribution in [2.75, 3.05) is 26.8 Å². The first-order valence-corrected chi connectivity index (χ1v) is 9.40. The molecule has 1 heterocycles. The zero-order valence-corrected chi connectivity index (χ0v) is 15.2. The van der Waals surface area contributed by atoms with Crippen LogP contribution in [0.2, 0.25) is 0 Å². The molecule has 3 unspecified atom stereocenters. The summed E-state index contributed by atoms with van der Waals surface area (Å²) in [6.07, 6.45) is 7.97. The molecular formula is C20H33NO2. The highest BCUT2D eigenvalue weighted by Crippen LogP contribution is 2.66. The molecule has 3 nitrogen and oxygen atoms in total. The molecule has 0 aromatic heterocycles. The largest absolute Gasteiger partial charge is 0.385 e. The molecule has 0 spiro atoms. The predicted molar refractivity (Wildman–Crippen MR) is 93.1 cm³/mol. The highest BCUT2D eigenvalue weighted by atomic mass is 16.5. The van der Waals surface area contributed by atoms with Crippen LogP contribution in [0.15, 0.2) is 12.2 Å². The Balaban J connectivity index is 1.67. The standard InChI is InChI=1S/C20H33NO2/c1-15-19(2,3)17-9-10-20(15,13-17)18(22)21-11-5-7-16(14-21)8-6-12-23-4/h16-17H,1,5-14H2,2-4H3. The molecule has 2 bridgehead atoms. The minimum atomic E-state index is -0.234. The Morgan fingerprint density at radius 2 is 2.17 bits per heavy atom. The number of piperidine rings is 1. The SMILES string of the molecule is C=C1C2(C(=O)N3CCCC(CCCOC)C3)CCC(C2)C1(C)C. The summed E-state index contributed by atoms with van der Waals surface area (Å²) in [4.78, 5) is 15.6. The Hall–Kier alpha value is -0.830. The Labute approximate surface area is 141 Å². The van der Waals surface area contributed by atoms with Gasteiger partial charge in [-0.15, -0.1) is 0 Å². The number of hydrogen-bond donors (Lipinski definition) is 0. The Morgan fingerprint density at radius 1 is 1.39 bits per heavy atom. The van der Waals surface area contributed by atoms with Gasteiger partial charge in [0.1, 0.15) is 0 Å². The lowest BCUT2D eigenvalue weighted by molar-refractivity contribution is -0.141. The molecule has 2 saturated carbocycles. The van der Waals surface area contributed by atoms with Gasteiger partial charge in [0.25, 0.3) is 0 Å². The average molecular weight is 319 g/mol. The lowest BCUT2D eigenvalue weighted by Crippen LogP contribution is -2.48. The minimum Gasteiger partial charge on any atom is -0.385 e. The van der Waals surface area contributed by atoms with E-state index in [1.165, 1.54) is 24.8 Å². The summed E-state index contributed by atoms with van der Waals surface area (Å²) in [5.41, 5.74) is 1.12. The molecule has 1 saturated heterocycles. The molecule has 3 fully saturated rings. The van der Waals surface area contributed by atoms with E-state index in [4.69, 9.17) is 4.74 Å². The van der Waals surface area contributed by atoms with Crippen LogP contribution in [0.1, 0.15) is 58.8 Å². The van der Waals surface area contributed by atoms with E-state index < -0.39 is 0 Å². The van der Waals surface area contributed by atoms with E-state index in [0.717, 1.165) is 45.4 Å². The second-order valence-electron chi connectivity index (χ2n) is 8.62. The maximum Gasteiger partial charge on any atom is 0.232 e. The molecule has 3 aliphatic rings. The van der Waals surface area contributed by atoms with Crippen LogP contribution in [-0.2, 0) is 9.53 Å². The average Bonchev–Trinajstić information content (AvgIpc) is 3.07. The molecule has 0 radical (unpaired) electrons. The highest BCUT2D eigenvalue weighted by Gasteiger charge is 2.61. The van der Waals surface area contributed by atoms with E-state index in [1.54, 1.807) is 7.11 Å². The van der Waals surface area contributed by atoms with E-state index in [1.807, 2.05) is 0 Å². The van der Waals surface area contributed by atoms with E-state index in [-0.39, 0.29) is 10.8 Å². The third-order valence-corrected chi connectivity index (χ3v) is 7.07. The Bertz CT molecular complexity index is 484. The van der Waals surface area contributed by atoms with Crippen molar-refractivity contribution in [3.05, 3.63) is 12.2 Å². The molecule has 23 heavy (non-hydrogen) atoms. The van der Waals surface area contributed by atoms with Gasteiger partial charge in [0.15, 0.2) is 0 Å². The number of likely N-dealkylation sites (tertiary alicyclic amines) is 1. The second kappa shape index (κ2) is 6.23. The maximum atomic E-state index is 13.4. The van der Waals surface area contributed by atoms with Crippen molar-refractivity contribution in [3.63, 3.8) is 0 Å². The smallest absolute Gasteiger partial charge is 0.232 e. The summed E-state index contributed by atoms with van der Waals surface area (Å²) in [5.74, 6) is 1.70. The van der Waals surface area contributed by atoms with Gasteiger partial charge >= 0.3 is 0 Å². The summed E-state index contributed by atoms with van der Waals surface area (Å²) < 4.78 is 5.17. The first-order valence-electron chi connectivity index (χ1n) is 9.40. The van der Waals surface area contributed by atoms with Crippen LogP contribution in [0.25, 0.3) is 0 Å². The summed E-state index contributed by atoms with van der Waals surface area (Å²) in [6.45, 7) is 11.7. The number of ether oxygens (including phenoxy) is 1. The third kappa shape index (κ3) is 2.75. The number of hydrogen-bond acceptors (Lipinski definition) is 2. The van der Waals surface area contributed by atoms with Crippen molar-refractivity contribution < 1.29 is 9.53 Å². The van der Waals surface area contributed by atoms with Crippen LogP contribution < -0.4 is 0 Å². The molecule has 0 aromatic carbocycles. The van der Waals surface area contributed by atoms with E-state index in [2.05, 4.69) is 25.3 Å². The molecule has 3 atom stereocenters. The molecule has 2 aliphatic carbocycles. The third-order valence-electron chi connectivity index (χ3n) is 7.07. The zero-order valence-electron chi connectivity index (χ0n) is 15.2. The molecule has 3 heteroatoms. The molecule has 0 aromatic rings. The quantitative estimate of drug-likeness (QED) is 0.565. The van der Waals surface area contributed by atoms with Crippen LogP contribution in [0, 0.1) is 22.7 Å². The van der Waals surface area contributed by atoms with Crippen LogP contribution in [0.3, 0.4) is 0 Å². The monoisotopic (exact) mass is 319 g/mol. The highest BCUT2D eigenvalue weighted by molar-refractivity contribution is 5.87. The van der Waals surface area contributed by atoms with Crippen LogP contribution in [-0.4, -0.2) is 37.6 Å². The van der Waals surface area contributed by atoms with Gasteiger partial charge in [-0.05, 0) is 62.2 Å². The van der Waals surface area contributed by atoms with Gasteiger partial charge in [0, 0.05) is 26.8 Å². The van der Waals surface area contributed by atoms with E-state index in [9.17, 15) is 4.79 Å². The normalized spacial score (nSPS) is 35.8. The van der Waals surface area contributed by atoms with Gasteiger partial charge in [0.2, 0.25) is 5.91 Å². The Kier molecular flexibility index (Phi) is 4.61. The number of methoxy groups -OCH3 is 1. The molecule has 0 N–H and O–H groups in total. The van der Waals surface area contributed by atoms with Crippen molar-refractivity contribution in [1.82, 2.24) is 4.90 Å². The topological polar surface area (TPSA) is 29.5 Å². The van der Waals surface area contributed by atoms with Gasteiger partial charge in [-0.3, -0.25) is 4.79 Å². The number of amides is 1. The minimum absolute atomic E-state index is 0.140. The fourth-order valence-electron chi connectivity index (χ4n) is 5.43. The summed E-state index contributed by atoms with van der Waals surface area (Å²) >= 11 is 0. The molecule has 1 amide bonds. The van der Waals surface area contributed by atoms with E-state index >= 15 is 0 Å². The van der Waals surface area contributed by atoms with Gasteiger partial charge in [-0.2, -0.15) is 0 Å². The number of rotatable bonds is 5. The van der Waals surface area contributed by atoms with Gasteiger partial charge < -0.3 is 9.64 Å². The fourth-order valence-corrected chi connectivity index (χ4v) is 5.43. The zero-order chi connectivity index (χ0) is 16.7. The van der Waals surface area contributed by atoms with Gasteiger partial charge in [-0.1, -0.05) is 26.0 Å². The van der Waals surface area contributed by atoms with Crippen LogP contribution in [0.4, 0.5) is 0 Å². The number of carbonyl (C=O) groups is 1. The van der Waals surface area contributed by atoms with Crippen molar-refractivity contribution in [3.8, 4) is 0 Å².